The molecule has 0 saturated heterocycles. The molecule has 0 amide bonds. The minimum absolute atomic E-state index is 0.788. The van der Waals surface area contributed by atoms with Crippen molar-refractivity contribution in [2.24, 2.45) is 0 Å². The van der Waals surface area contributed by atoms with Crippen LogP contribution in [0.4, 0.5) is 0 Å². The first-order valence-corrected chi connectivity index (χ1v) is 7.23. The molecule has 2 nitrogen and oxygen atoms in total. The number of nitrogens with one attached hydrogen (secondary N) is 1. The topological polar surface area (TPSA) is 17.0 Å². The second-order valence-electron chi connectivity index (χ2n) is 4.83. The number of nitrogens with zero attached hydrogens (tertiary/aromatic N) is 1. The van der Waals surface area contributed by atoms with Crippen molar-refractivity contribution in [3.05, 3.63) is 52.8 Å². The third-order valence-electron chi connectivity index (χ3n) is 3.26. The highest BCUT2D eigenvalue weighted by Gasteiger charge is 2.06. The summed E-state index contributed by atoms with van der Waals surface area (Å²) < 4.78 is 2.23. The molecule has 0 atom stereocenters. The van der Waals surface area contributed by atoms with Crippen molar-refractivity contribution >= 4 is 11.6 Å². The Balaban J connectivity index is 2.14. The first-order chi connectivity index (χ1) is 9.22. The third-order valence-corrected chi connectivity index (χ3v) is 3.50. The highest BCUT2D eigenvalue weighted by atomic mass is 35.5. The number of hydrogen-bond donors (Lipinski definition) is 1. The first kappa shape index (κ1) is 14.2. The minimum Gasteiger partial charge on any atom is -0.319 e. The summed E-state index contributed by atoms with van der Waals surface area (Å²) in [5, 5.41) is 4.27. The standard InChI is InChI=1S/C16H21ClN2/c1-3-4-9-18-12-15-6-5-10-19(15)16-8-7-14(17)11-13(16)2/h5-8,10-11,18H,3-4,9,12H2,1-2H3. The van der Waals surface area contributed by atoms with Crippen molar-refractivity contribution in [3.63, 3.8) is 0 Å². The number of benzene rings is 1. The molecule has 0 radical (unpaired) electrons. The molecule has 0 aliphatic rings. The fourth-order valence-electron chi connectivity index (χ4n) is 2.20. The fourth-order valence-corrected chi connectivity index (χ4v) is 2.43. The van der Waals surface area contributed by atoms with E-state index < -0.39 is 0 Å². The number of hydrogen-bond acceptors (Lipinski definition) is 1. The molecular weight excluding hydrogens is 256 g/mol. The summed E-state index contributed by atoms with van der Waals surface area (Å²) in [6.07, 6.45) is 4.55. The van der Waals surface area contributed by atoms with Crippen molar-refractivity contribution in [1.29, 1.82) is 0 Å². The summed E-state index contributed by atoms with van der Waals surface area (Å²) in [6.45, 7) is 6.27. The van der Waals surface area contributed by atoms with Crippen LogP contribution in [0.2, 0.25) is 5.02 Å². The van der Waals surface area contributed by atoms with Gasteiger partial charge in [-0.2, -0.15) is 0 Å². The Morgan fingerprint density at radius 1 is 1.26 bits per heavy atom. The Labute approximate surface area is 120 Å². The fraction of sp³-hybridized carbons (Fsp3) is 0.375. The van der Waals surface area contributed by atoms with Gasteiger partial charge in [0.2, 0.25) is 0 Å². The molecule has 0 fully saturated rings. The van der Waals surface area contributed by atoms with Gasteiger partial charge in [0.15, 0.2) is 0 Å². The van der Waals surface area contributed by atoms with Crippen LogP contribution in [0.15, 0.2) is 36.5 Å². The average molecular weight is 277 g/mol. The summed E-state index contributed by atoms with van der Waals surface area (Å²) in [5.74, 6) is 0. The Morgan fingerprint density at radius 3 is 2.84 bits per heavy atom. The monoisotopic (exact) mass is 276 g/mol. The van der Waals surface area contributed by atoms with E-state index >= 15 is 0 Å². The van der Waals surface area contributed by atoms with E-state index in [0.29, 0.717) is 0 Å². The zero-order valence-electron chi connectivity index (χ0n) is 11.6. The maximum atomic E-state index is 6.01. The molecule has 0 aliphatic heterocycles. The predicted octanol–water partition coefficient (Wildman–Crippen LogP) is 4.33. The van der Waals surface area contributed by atoms with Crippen LogP contribution in [-0.4, -0.2) is 11.1 Å². The summed E-state index contributed by atoms with van der Waals surface area (Å²) in [4.78, 5) is 0. The maximum absolute atomic E-state index is 6.01. The third kappa shape index (κ3) is 3.62. The summed E-state index contributed by atoms with van der Waals surface area (Å²) in [6, 6.07) is 10.3. The van der Waals surface area contributed by atoms with Crippen LogP contribution in [-0.2, 0) is 6.54 Å². The zero-order chi connectivity index (χ0) is 13.7. The maximum Gasteiger partial charge on any atom is 0.0483 e. The van der Waals surface area contributed by atoms with Crippen LogP contribution in [0.5, 0.6) is 0 Å². The van der Waals surface area contributed by atoms with E-state index in [4.69, 9.17) is 11.6 Å². The lowest BCUT2D eigenvalue weighted by Gasteiger charge is -2.13. The number of halogens is 1. The van der Waals surface area contributed by atoms with Crippen molar-refractivity contribution in [1.82, 2.24) is 9.88 Å². The van der Waals surface area contributed by atoms with E-state index in [0.717, 1.165) is 18.1 Å². The number of aryl methyl sites for hydroxylation is 1. The highest BCUT2D eigenvalue weighted by Crippen LogP contribution is 2.20. The van der Waals surface area contributed by atoms with Gasteiger partial charge in [-0.15, -0.1) is 0 Å². The molecule has 2 aromatic rings. The Hall–Kier alpha value is -1.25. The van der Waals surface area contributed by atoms with Crippen LogP contribution in [0.1, 0.15) is 31.0 Å². The molecule has 2 rings (SSSR count). The van der Waals surface area contributed by atoms with Gasteiger partial charge in [0.05, 0.1) is 0 Å². The lowest BCUT2D eigenvalue weighted by Crippen LogP contribution is -2.16. The van der Waals surface area contributed by atoms with Crippen molar-refractivity contribution in [3.8, 4) is 5.69 Å². The predicted molar refractivity (Wildman–Crippen MR) is 82.1 cm³/mol. The summed E-state index contributed by atoms with van der Waals surface area (Å²) >= 11 is 6.01. The zero-order valence-corrected chi connectivity index (χ0v) is 12.4. The number of aromatic nitrogens is 1. The molecule has 0 saturated carbocycles. The van der Waals surface area contributed by atoms with Crippen molar-refractivity contribution in [2.45, 2.75) is 33.2 Å². The van der Waals surface area contributed by atoms with Gasteiger partial charge in [0, 0.05) is 29.1 Å². The molecule has 3 heteroatoms. The molecule has 0 unspecified atom stereocenters. The van der Waals surface area contributed by atoms with E-state index in [1.54, 1.807) is 0 Å². The van der Waals surface area contributed by atoms with Crippen LogP contribution in [0.25, 0.3) is 5.69 Å². The molecule has 1 N–H and O–H groups in total. The smallest absolute Gasteiger partial charge is 0.0483 e. The minimum atomic E-state index is 0.788. The molecular formula is C16H21ClN2. The van der Waals surface area contributed by atoms with E-state index in [1.165, 1.54) is 29.8 Å². The molecule has 0 spiro atoms. The van der Waals surface area contributed by atoms with Gasteiger partial charge in [0.1, 0.15) is 0 Å². The van der Waals surface area contributed by atoms with Gasteiger partial charge in [-0.05, 0) is 55.8 Å². The lowest BCUT2D eigenvalue weighted by atomic mass is 10.2. The highest BCUT2D eigenvalue weighted by molar-refractivity contribution is 6.30. The molecule has 0 aliphatic carbocycles. The van der Waals surface area contributed by atoms with Gasteiger partial charge >= 0.3 is 0 Å². The van der Waals surface area contributed by atoms with Crippen LogP contribution >= 0.6 is 11.6 Å². The molecule has 1 heterocycles. The normalized spacial score (nSPS) is 10.9. The SMILES string of the molecule is CCCCNCc1cccn1-c1ccc(Cl)cc1C. The lowest BCUT2D eigenvalue weighted by molar-refractivity contribution is 0.627. The number of rotatable bonds is 6. The summed E-state index contributed by atoms with van der Waals surface area (Å²) in [5.41, 5.74) is 3.67. The molecule has 1 aromatic heterocycles. The van der Waals surface area contributed by atoms with Crippen molar-refractivity contribution < 1.29 is 0 Å². The van der Waals surface area contributed by atoms with Gasteiger partial charge in [0.25, 0.3) is 0 Å². The van der Waals surface area contributed by atoms with Gasteiger partial charge in [-0.3, -0.25) is 0 Å². The summed E-state index contributed by atoms with van der Waals surface area (Å²) in [7, 11) is 0. The van der Waals surface area contributed by atoms with E-state index in [1.807, 2.05) is 12.1 Å². The van der Waals surface area contributed by atoms with Crippen molar-refractivity contribution in [2.75, 3.05) is 6.54 Å². The van der Waals surface area contributed by atoms with Gasteiger partial charge in [-0.1, -0.05) is 24.9 Å². The second-order valence-corrected chi connectivity index (χ2v) is 5.27. The molecule has 102 valence electrons. The first-order valence-electron chi connectivity index (χ1n) is 6.86. The number of unbranched alkanes of at least 4 members (excludes halogenated alkanes) is 1. The molecule has 0 bridgehead atoms. The molecule has 19 heavy (non-hydrogen) atoms. The largest absolute Gasteiger partial charge is 0.319 e. The van der Waals surface area contributed by atoms with Crippen LogP contribution < -0.4 is 5.32 Å². The van der Waals surface area contributed by atoms with E-state index in [2.05, 4.69) is 48.1 Å². The van der Waals surface area contributed by atoms with Gasteiger partial charge < -0.3 is 9.88 Å². The van der Waals surface area contributed by atoms with Crippen LogP contribution in [0.3, 0.4) is 0 Å². The average Bonchev–Trinajstić information content (AvgIpc) is 2.83. The van der Waals surface area contributed by atoms with E-state index in [9.17, 15) is 0 Å². The van der Waals surface area contributed by atoms with E-state index in [-0.39, 0.29) is 0 Å². The van der Waals surface area contributed by atoms with Gasteiger partial charge in [-0.25, -0.2) is 0 Å². The Morgan fingerprint density at radius 2 is 2.11 bits per heavy atom. The second kappa shape index (κ2) is 6.78. The Kier molecular flexibility index (Phi) is 5.06. The Bertz CT molecular complexity index is 531. The molecule has 1 aromatic carbocycles. The van der Waals surface area contributed by atoms with Crippen LogP contribution in [0, 0.1) is 6.92 Å². The quantitative estimate of drug-likeness (QED) is 0.777.